The number of alkyl halides is 2. The monoisotopic (exact) mass is 450 g/mol. The van der Waals surface area contributed by atoms with Gasteiger partial charge < -0.3 is 9.64 Å². The molecule has 5 rings (SSSR count). The van der Waals surface area contributed by atoms with Crippen LogP contribution in [0.15, 0.2) is 30.3 Å². The van der Waals surface area contributed by atoms with Gasteiger partial charge in [-0.05, 0) is 30.7 Å². The molecule has 31 heavy (non-hydrogen) atoms. The first-order chi connectivity index (χ1) is 14.7. The van der Waals surface area contributed by atoms with Crippen molar-refractivity contribution in [3.05, 3.63) is 35.9 Å². The summed E-state index contributed by atoms with van der Waals surface area (Å²) in [5, 5.41) is 0. The van der Waals surface area contributed by atoms with Crippen molar-refractivity contribution in [2.24, 2.45) is 5.92 Å². The largest absolute Gasteiger partial charge is 0.378 e. The zero-order valence-electron chi connectivity index (χ0n) is 17.4. The maximum absolute atomic E-state index is 13.4. The number of ether oxygens (including phenoxy) is 1. The van der Waals surface area contributed by atoms with Gasteiger partial charge in [0.1, 0.15) is 5.82 Å². The molecule has 1 aliphatic carbocycles. The Bertz CT molecular complexity index is 1140. The molecule has 1 atom stereocenters. The lowest BCUT2D eigenvalue weighted by atomic mass is 10.0. The Kier molecular flexibility index (Phi) is 4.63. The van der Waals surface area contributed by atoms with Gasteiger partial charge in [0.25, 0.3) is 5.92 Å². The minimum atomic E-state index is -3.87. The summed E-state index contributed by atoms with van der Waals surface area (Å²) < 4.78 is 60.3. The third-order valence-electron chi connectivity index (χ3n) is 6.24. The highest BCUT2D eigenvalue weighted by Gasteiger charge is 2.59. The number of aryl methyl sites for hydroxylation is 1. The molecule has 0 radical (unpaired) electrons. The molecule has 1 saturated carbocycles. The van der Waals surface area contributed by atoms with Crippen molar-refractivity contribution in [2.45, 2.75) is 19.3 Å². The summed E-state index contributed by atoms with van der Waals surface area (Å²) in [6.07, 6.45) is -0.270. The zero-order valence-corrected chi connectivity index (χ0v) is 18.2. The third kappa shape index (κ3) is 3.41. The molecule has 2 aromatic rings. The summed E-state index contributed by atoms with van der Waals surface area (Å²) in [5.41, 5.74) is 3.42. The topological polar surface area (TPSA) is 66.0 Å². The van der Waals surface area contributed by atoms with E-state index in [1.54, 1.807) is 12.1 Å². The second kappa shape index (κ2) is 7.03. The smallest absolute Gasteiger partial charge is 0.326 e. The number of hydrogen-bond acceptors (Lipinski definition) is 5. The highest BCUT2D eigenvalue weighted by molar-refractivity contribution is 7.94. The van der Waals surface area contributed by atoms with Crippen LogP contribution < -0.4 is 13.5 Å². The van der Waals surface area contributed by atoms with Gasteiger partial charge in [0.05, 0.1) is 30.3 Å². The van der Waals surface area contributed by atoms with E-state index < -0.39 is 22.0 Å². The molecule has 0 N–H and O–H groups in total. The number of pyridine rings is 1. The highest BCUT2D eigenvalue weighted by Crippen LogP contribution is 2.51. The van der Waals surface area contributed by atoms with Crippen molar-refractivity contribution < 1.29 is 21.9 Å². The number of nitrogens with zero attached hydrogens (tertiary/aromatic N) is 4. The van der Waals surface area contributed by atoms with Crippen LogP contribution in [-0.4, -0.2) is 59.2 Å². The van der Waals surface area contributed by atoms with Crippen LogP contribution in [-0.2, 0) is 14.9 Å². The molecular formula is C21H24F2N4O3S. The van der Waals surface area contributed by atoms with Gasteiger partial charge in [-0.25, -0.2) is 13.8 Å². The molecule has 3 aliphatic rings. The van der Waals surface area contributed by atoms with Crippen LogP contribution in [0.2, 0.25) is 0 Å². The fourth-order valence-corrected chi connectivity index (χ4v) is 5.63. The minimum Gasteiger partial charge on any atom is -0.378 e. The molecule has 7 nitrogen and oxygen atoms in total. The Morgan fingerprint density at radius 2 is 1.87 bits per heavy atom. The minimum absolute atomic E-state index is 0.212. The number of benzene rings is 1. The van der Waals surface area contributed by atoms with E-state index in [9.17, 15) is 17.2 Å². The van der Waals surface area contributed by atoms with Crippen molar-refractivity contribution in [1.82, 2.24) is 4.98 Å². The van der Waals surface area contributed by atoms with Crippen molar-refractivity contribution in [3.63, 3.8) is 0 Å². The lowest BCUT2D eigenvalue weighted by Crippen LogP contribution is -2.37. The number of halogens is 2. The van der Waals surface area contributed by atoms with Gasteiger partial charge >= 0.3 is 10.2 Å². The zero-order chi connectivity index (χ0) is 22.0. The predicted molar refractivity (Wildman–Crippen MR) is 115 cm³/mol. The molecule has 2 fully saturated rings. The molecule has 166 valence electrons. The second-order valence-corrected chi connectivity index (χ2v) is 10.2. The lowest BCUT2D eigenvalue weighted by molar-refractivity contribution is 0.101. The van der Waals surface area contributed by atoms with E-state index in [0.29, 0.717) is 24.6 Å². The van der Waals surface area contributed by atoms with E-state index in [1.807, 2.05) is 25.1 Å². The van der Waals surface area contributed by atoms with Gasteiger partial charge in [-0.2, -0.15) is 8.42 Å². The van der Waals surface area contributed by atoms with Gasteiger partial charge in [0, 0.05) is 44.6 Å². The average Bonchev–Trinajstić information content (AvgIpc) is 3.32. The van der Waals surface area contributed by atoms with Gasteiger partial charge in [-0.3, -0.25) is 8.61 Å². The Morgan fingerprint density at radius 1 is 1.16 bits per heavy atom. The summed E-state index contributed by atoms with van der Waals surface area (Å²) in [7, 11) is -2.42. The Balaban J connectivity index is 1.50. The maximum atomic E-state index is 13.4. The van der Waals surface area contributed by atoms with Gasteiger partial charge in [-0.15, -0.1) is 0 Å². The molecule has 0 spiro atoms. The first-order valence-corrected chi connectivity index (χ1v) is 11.7. The maximum Gasteiger partial charge on any atom is 0.326 e. The molecule has 0 amide bonds. The standard InChI is InChI=1S/C21H24F2N4O3S/c1-14-3-6-19(26-7-9-30-10-8-26)24-20(14)15-4-5-17-18(11-15)25(2)31(28,29)27(17)13-16-12-21(16,22)23/h3-6,11,16H,7-10,12-13H2,1-2H3. The van der Waals surface area contributed by atoms with Crippen LogP contribution >= 0.6 is 0 Å². The average molecular weight is 451 g/mol. The fourth-order valence-electron chi connectivity index (χ4n) is 4.17. The molecule has 1 aromatic carbocycles. The van der Waals surface area contributed by atoms with Gasteiger partial charge in [0.2, 0.25) is 0 Å². The van der Waals surface area contributed by atoms with Gasteiger partial charge in [0.15, 0.2) is 0 Å². The number of hydrogen-bond donors (Lipinski definition) is 0. The third-order valence-corrected chi connectivity index (χ3v) is 8.03. The highest BCUT2D eigenvalue weighted by atomic mass is 32.2. The van der Waals surface area contributed by atoms with E-state index >= 15 is 0 Å². The Morgan fingerprint density at radius 3 is 2.55 bits per heavy atom. The Labute approximate surface area is 180 Å². The van der Waals surface area contributed by atoms with Crippen LogP contribution in [0.1, 0.15) is 12.0 Å². The molecule has 0 bridgehead atoms. The van der Waals surface area contributed by atoms with E-state index in [0.717, 1.165) is 44.3 Å². The van der Waals surface area contributed by atoms with Crippen LogP contribution in [0.3, 0.4) is 0 Å². The van der Waals surface area contributed by atoms with Crippen LogP contribution in [0, 0.1) is 12.8 Å². The van der Waals surface area contributed by atoms with E-state index in [-0.39, 0.29) is 13.0 Å². The quantitative estimate of drug-likeness (QED) is 0.717. The van der Waals surface area contributed by atoms with Crippen LogP contribution in [0.25, 0.3) is 11.3 Å². The number of anilines is 3. The molecule has 3 heterocycles. The summed E-state index contributed by atoms with van der Waals surface area (Å²) in [4.78, 5) is 7.00. The lowest BCUT2D eigenvalue weighted by Gasteiger charge is -2.28. The summed E-state index contributed by atoms with van der Waals surface area (Å²) in [6.45, 7) is 4.59. The predicted octanol–water partition coefficient (Wildman–Crippen LogP) is 3.05. The fraction of sp³-hybridized carbons (Fsp3) is 0.476. The van der Waals surface area contributed by atoms with Crippen molar-refractivity contribution in [3.8, 4) is 11.3 Å². The molecule has 2 aliphatic heterocycles. The molecular weight excluding hydrogens is 426 g/mol. The number of morpholine rings is 1. The Hall–Kier alpha value is -2.46. The number of fused-ring (bicyclic) bond motifs is 1. The summed E-state index contributed by atoms with van der Waals surface area (Å²) in [5.74, 6) is -2.86. The molecule has 1 aromatic heterocycles. The van der Waals surface area contributed by atoms with Crippen LogP contribution in [0.4, 0.5) is 26.0 Å². The van der Waals surface area contributed by atoms with Gasteiger partial charge in [-0.1, -0.05) is 12.1 Å². The van der Waals surface area contributed by atoms with E-state index in [1.165, 1.54) is 7.05 Å². The number of rotatable bonds is 4. The summed E-state index contributed by atoms with van der Waals surface area (Å²) >= 11 is 0. The molecule has 1 unspecified atom stereocenters. The first kappa shape index (κ1) is 20.4. The molecule has 10 heteroatoms. The normalized spacial score (nSPS) is 23.7. The van der Waals surface area contributed by atoms with Crippen LogP contribution in [0.5, 0.6) is 0 Å². The summed E-state index contributed by atoms with van der Waals surface area (Å²) in [6, 6.07) is 9.25. The molecule has 1 saturated heterocycles. The van der Waals surface area contributed by atoms with Crippen molar-refractivity contribution in [1.29, 1.82) is 0 Å². The van der Waals surface area contributed by atoms with Crippen molar-refractivity contribution >= 4 is 27.4 Å². The van der Waals surface area contributed by atoms with Crippen molar-refractivity contribution in [2.75, 3.05) is 53.4 Å². The SMILES string of the molecule is Cc1ccc(N2CCOCC2)nc1-c1ccc2c(c1)N(C)S(=O)(=O)N2CC1CC1(F)F. The second-order valence-electron chi connectivity index (χ2n) is 8.31. The van der Waals surface area contributed by atoms with E-state index in [4.69, 9.17) is 9.72 Å². The number of aromatic nitrogens is 1. The first-order valence-electron chi connectivity index (χ1n) is 10.3. The van der Waals surface area contributed by atoms with E-state index in [2.05, 4.69) is 4.90 Å².